The molecule has 4 heteroatoms. The molecule has 18 heavy (non-hydrogen) atoms. The van der Waals surface area contributed by atoms with E-state index >= 15 is 0 Å². The van der Waals surface area contributed by atoms with Crippen molar-refractivity contribution in [2.45, 2.75) is 53.4 Å². The van der Waals surface area contributed by atoms with Gasteiger partial charge < -0.3 is 10.4 Å². The summed E-state index contributed by atoms with van der Waals surface area (Å²) in [4.78, 5) is 10.5. The van der Waals surface area contributed by atoms with Crippen molar-refractivity contribution >= 4 is 5.97 Å². The van der Waals surface area contributed by atoms with Crippen LogP contribution in [-0.2, 0) is 4.79 Å². The first-order chi connectivity index (χ1) is 8.18. The molecule has 0 unspecified atom stereocenters. The number of rotatable bonds is 9. The van der Waals surface area contributed by atoms with Crippen LogP contribution < -0.4 is 5.32 Å². The van der Waals surface area contributed by atoms with Crippen LogP contribution >= 0.6 is 0 Å². The normalized spacial score (nSPS) is 12.2. The van der Waals surface area contributed by atoms with Crippen molar-refractivity contribution in [2.75, 3.05) is 13.1 Å². The maximum absolute atomic E-state index is 10.5. The average Bonchev–Trinajstić information content (AvgIpc) is 2.26. The van der Waals surface area contributed by atoms with Gasteiger partial charge in [0.2, 0.25) is 0 Å². The highest BCUT2D eigenvalue weighted by molar-refractivity contribution is 5.66. The number of carboxylic acids is 1. The molecule has 0 aromatic heterocycles. The number of nitrogens with one attached hydrogen (secondary N) is 1. The molecule has 2 N–H and O–H groups in total. The second-order valence-electron chi connectivity index (χ2n) is 6.30. The average molecular weight is 254 g/mol. The molecule has 0 amide bonds. The number of nitriles is 1. The topological polar surface area (TPSA) is 73.1 Å². The predicted molar refractivity (Wildman–Crippen MR) is 72.1 cm³/mol. The third-order valence-corrected chi connectivity index (χ3v) is 3.22. The van der Waals surface area contributed by atoms with E-state index in [1.165, 1.54) is 0 Å². The fourth-order valence-electron chi connectivity index (χ4n) is 1.58. The van der Waals surface area contributed by atoms with Crippen molar-refractivity contribution in [3.8, 4) is 6.07 Å². The summed E-state index contributed by atoms with van der Waals surface area (Å²) >= 11 is 0. The van der Waals surface area contributed by atoms with Gasteiger partial charge in [-0.2, -0.15) is 5.26 Å². The van der Waals surface area contributed by atoms with Crippen molar-refractivity contribution in [1.29, 1.82) is 5.26 Å². The highest BCUT2D eigenvalue weighted by Crippen LogP contribution is 2.26. The second kappa shape index (κ2) is 7.38. The Bertz CT molecular complexity index is 303. The minimum absolute atomic E-state index is 0.0517. The van der Waals surface area contributed by atoms with Crippen molar-refractivity contribution in [3.63, 3.8) is 0 Å². The maximum Gasteiger partial charge on any atom is 0.303 e. The van der Waals surface area contributed by atoms with E-state index in [4.69, 9.17) is 10.4 Å². The fourth-order valence-corrected chi connectivity index (χ4v) is 1.58. The predicted octanol–water partition coefficient (Wildman–Crippen LogP) is 2.80. The monoisotopic (exact) mass is 254 g/mol. The van der Waals surface area contributed by atoms with Gasteiger partial charge in [-0.3, -0.25) is 4.79 Å². The molecule has 0 atom stereocenters. The Hall–Kier alpha value is -1.08. The molecule has 0 saturated carbocycles. The third-order valence-electron chi connectivity index (χ3n) is 3.22. The van der Waals surface area contributed by atoms with Crippen LogP contribution in [0.15, 0.2) is 0 Å². The first-order valence-corrected chi connectivity index (χ1v) is 6.52. The Balaban J connectivity index is 3.71. The largest absolute Gasteiger partial charge is 0.481 e. The summed E-state index contributed by atoms with van der Waals surface area (Å²) in [5.41, 5.74) is -0.220. The zero-order valence-electron chi connectivity index (χ0n) is 12.0. The molecule has 0 aliphatic rings. The molecular weight excluding hydrogens is 228 g/mol. The number of hydrogen-bond donors (Lipinski definition) is 2. The molecule has 0 heterocycles. The summed E-state index contributed by atoms with van der Waals surface area (Å²) < 4.78 is 0. The summed E-state index contributed by atoms with van der Waals surface area (Å²) in [5, 5.41) is 20.8. The minimum Gasteiger partial charge on any atom is -0.481 e. The first kappa shape index (κ1) is 16.9. The highest BCUT2D eigenvalue weighted by Gasteiger charge is 2.19. The van der Waals surface area contributed by atoms with Crippen molar-refractivity contribution in [1.82, 2.24) is 5.32 Å². The van der Waals surface area contributed by atoms with E-state index in [-0.39, 0.29) is 17.3 Å². The van der Waals surface area contributed by atoms with Crippen LogP contribution in [0.25, 0.3) is 0 Å². The van der Waals surface area contributed by atoms with Gasteiger partial charge in [0, 0.05) is 6.42 Å². The number of carbonyl (C=O) groups is 1. The lowest BCUT2D eigenvalue weighted by atomic mass is 9.84. The molecule has 0 radical (unpaired) electrons. The Morgan fingerprint density at radius 2 is 1.72 bits per heavy atom. The van der Waals surface area contributed by atoms with Crippen LogP contribution in [0.3, 0.4) is 0 Å². The fraction of sp³-hybridized carbons (Fsp3) is 0.857. The van der Waals surface area contributed by atoms with Crippen LogP contribution in [0.5, 0.6) is 0 Å². The van der Waals surface area contributed by atoms with E-state index < -0.39 is 5.97 Å². The van der Waals surface area contributed by atoms with Crippen LogP contribution in [0.1, 0.15) is 53.4 Å². The molecule has 0 aliphatic carbocycles. The van der Waals surface area contributed by atoms with Gasteiger partial charge in [0.05, 0.1) is 11.5 Å². The van der Waals surface area contributed by atoms with Crippen LogP contribution in [0, 0.1) is 22.2 Å². The van der Waals surface area contributed by atoms with Gasteiger partial charge in [-0.15, -0.1) is 0 Å². The summed E-state index contributed by atoms with van der Waals surface area (Å²) in [6.45, 7) is 9.76. The summed E-state index contributed by atoms with van der Waals surface area (Å²) in [7, 11) is 0. The molecule has 0 fully saturated rings. The quantitative estimate of drug-likeness (QED) is 0.620. The van der Waals surface area contributed by atoms with E-state index in [9.17, 15) is 4.79 Å². The molecular formula is C14H26N2O2. The summed E-state index contributed by atoms with van der Waals surface area (Å²) in [6, 6.07) is 2.28. The van der Waals surface area contributed by atoms with Crippen LogP contribution in [0.4, 0.5) is 0 Å². The molecule has 0 aromatic carbocycles. The summed E-state index contributed by atoms with van der Waals surface area (Å²) in [6.07, 6.45) is 2.72. The third kappa shape index (κ3) is 9.00. The van der Waals surface area contributed by atoms with E-state index in [0.29, 0.717) is 6.42 Å². The Kier molecular flexibility index (Phi) is 6.93. The Morgan fingerprint density at radius 3 is 2.22 bits per heavy atom. The van der Waals surface area contributed by atoms with E-state index in [1.54, 1.807) is 0 Å². The molecule has 0 saturated heterocycles. The van der Waals surface area contributed by atoms with Crippen molar-refractivity contribution in [2.24, 2.45) is 10.8 Å². The number of carboxylic acid groups (broad SMARTS) is 1. The second-order valence-corrected chi connectivity index (χ2v) is 6.30. The van der Waals surface area contributed by atoms with Gasteiger partial charge in [-0.1, -0.05) is 13.8 Å². The van der Waals surface area contributed by atoms with Gasteiger partial charge >= 0.3 is 5.97 Å². The molecule has 0 aromatic rings. The van der Waals surface area contributed by atoms with E-state index in [1.807, 2.05) is 13.8 Å². The summed E-state index contributed by atoms with van der Waals surface area (Å²) in [5.74, 6) is -0.730. The van der Waals surface area contributed by atoms with Gasteiger partial charge in [0.15, 0.2) is 0 Å². The molecule has 4 nitrogen and oxygen atoms in total. The Morgan fingerprint density at radius 1 is 1.17 bits per heavy atom. The first-order valence-electron chi connectivity index (χ1n) is 6.52. The SMILES string of the molecule is CC(C)(C#N)CCNCCC(C)(C)CCC(=O)O. The lowest BCUT2D eigenvalue weighted by Crippen LogP contribution is -2.26. The van der Waals surface area contributed by atoms with Crippen LogP contribution in [-0.4, -0.2) is 24.2 Å². The zero-order chi connectivity index (χ0) is 14.2. The lowest BCUT2D eigenvalue weighted by Gasteiger charge is -2.24. The Labute approximate surface area is 110 Å². The van der Waals surface area contributed by atoms with Gasteiger partial charge in [0.1, 0.15) is 0 Å². The number of aliphatic carboxylic acids is 1. The highest BCUT2D eigenvalue weighted by atomic mass is 16.4. The zero-order valence-corrected chi connectivity index (χ0v) is 12.0. The van der Waals surface area contributed by atoms with Gasteiger partial charge in [0.25, 0.3) is 0 Å². The molecule has 0 rings (SSSR count). The smallest absolute Gasteiger partial charge is 0.303 e. The van der Waals surface area contributed by atoms with Crippen molar-refractivity contribution in [3.05, 3.63) is 0 Å². The standard InChI is InChI=1S/C14H26N2O2/c1-13(2,6-5-12(17)18)7-9-16-10-8-14(3,4)11-15/h16H,5-10H2,1-4H3,(H,17,18). The van der Waals surface area contributed by atoms with E-state index in [2.05, 4.69) is 25.2 Å². The van der Waals surface area contributed by atoms with Crippen molar-refractivity contribution < 1.29 is 9.90 Å². The molecule has 0 aliphatic heterocycles. The van der Waals surface area contributed by atoms with Crippen LogP contribution in [0.2, 0.25) is 0 Å². The van der Waals surface area contributed by atoms with E-state index in [0.717, 1.165) is 25.9 Å². The number of nitrogens with zero attached hydrogens (tertiary/aromatic N) is 1. The number of hydrogen-bond acceptors (Lipinski definition) is 3. The minimum atomic E-state index is -0.730. The van der Waals surface area contributed by atoms with Gasteiger partial charge in [-0.25, -0.2) is 0 Å². The lowest BCUT2D eigenvalue weighted by molar-refractivity contribution is -0.137. The molecule has 104 valence electrons. The molecule has 0 spiro atoms. The molecule has 0 bridgehead atoms. The maximum atomic E-state index is 10.5. The van der Waals surface area contributed by atoms with Gasteiger partial charge in [-0.05, 0) is 51.6 Å².